The first kappa shape index (κ1) is 16.3. The number of aromatic nitrogens is 2. The van der Waals surface area contributed by atoms with Gasteiger partial charge < -0.3 is 10.1 Å². The number of carbonyl (C=O) groups excluding carboxylic acids is 1. The van der Waals surface area contributed by atoms with Gasteiger partial charge in [0.15, 0.2) is 0 Å². The van der Waals surface area contributed by atoms with E-state index in [-0.39, 0.29) is 5.91 Å². The number of nitrogens with zero attached hydrogens (tertiary/aromatic N) is 1. The number of halogens is 1. The van der Waals surface area contributed by atoms with Gasteiger partial charge >= 0.3 is 0 Å². The third-order valence-electron chi connectivity index (χ3n) is 3.66. The van der Waals surface area contributed by atoms with Crippen LogP contribution >= 0.6 is 15.9 Å². The summed E-state index contributed by atoms with van der Waals surface area (Å²) < 4.78 is 6.19. The lowest BCUT2D eigenvalue weighted by molar-refractivity contribution is 0.102. The lowest BCUT2D eigenvalue weighted by Gasteiger charge is -2.09. The summed E-state index contributed by atoms with van der Waals surface area (Å²) >= 11 is 3.40. The topological polar surface area (TPSA) is 67.0 Å². The van der Waals surface area contributed by atoms with E-state index in [0.717, 1.165) is 21.3 Å². The summed E-state index contributed by atoms with van der Waals surface area (Å²) in [7, 11) is 1.59. The van der Waals surface area contributed by atoms with Gasteiger partial charge in [-0.3, -0.25) is 9.89 Å². The third kappa shape index (κ3) is 3.49. The van der Waals surface area contributed by atoms with Gasteiger partial charge in [-0.05, 0) is 36.8 Å². The van der Waals surface area contributed by atoms with Crippen LogP contribution in [0.1, 0.15) is 16.1 Å². The Morgan fingerprint density at radius 2 is 1.92 bits per heavy atom. The van der Waals surface area contributed by atoms with Gasteiger partial charge in [0, 0.05) is 21.8 Å². The van der Waals surface area contributed by atoms with Crippen molar-refractivity contribution in [3.05, 3.63) is 64.3 Å². The molecule has 0 fully saturated rings. The Bertz CT molecular complexity index is 872. The van der Waals surface area contributed by atoms with Gasteiger partial charge in [-0.1, -0.05) is 34.1 Å². The van der Waals surface area contributed by atoms with Crippen LogP contribution in [0.3, 0.4) is 0 Å². The van der Waals surface area contributed by atoms with Gasteiger partial charge in [-0.25, -0.2) is 0 Å². The number of H-pyrrole nitrogens is 1. The van der Waals surface area contributed by atoms with Crippen LogP contribution < -0.4 is 10.1 Å². The molecule has 3 rings (SSSR count). The van der Waals surface area contributed by atoms with Gasteiger partial charge in [-0.15, -0.1) is 0 Å². The van der Waals surface area contributed by atoms with E-state index in [9.17, 15) is 4.79 Å². The Morgan fingerprint density at radius 3 is 2.62 bits per heavy atom. The van der Waals surface area contributed by atoms with Crippen molar-refractivity contribution in [3.63, 3.8) is 0 Å². The van der Waals surface area contributed by atoms with Crippen LogP contribution in [0.4, 0.5) is 5.69 Å². The molecule has 0 radical (unpaired) electrons. The first-order valence-electron chi connectivity index (χ1n) is 7.34. The summed E-state index contributed by atoms with van der Waals surface area (Å²) in [6.45, 7) is 1.93. The molecular weight excluding hydrogens is 370 g/mol. The fourth-order valence-electron chi connectivity index (χ4n) is 2.26. The van der Waals surface area contributed by atoms with Crippen molar-refractivity contribution >= 4 is 27.5 Å². The number of ether oxygens (including phenoxy) is 1. The highest BCUT2D eigenvalue weighted by molar-refractivity contribution is 9.10. The number of rotatable bonds is 4. The summed E-state index contributed by atoms with van der Waals surface area (Å²) in [5.41, 5.74) is 3.71. The number of aromatic amines is 1. The van der Waals surface area contributed by atoms with E-state index in [4.69, 9.17) is 4.74 Å². The second kappa shape index (κ2) is 6.88. The molecule has 0 atom stereocenters. The van der Waals surface area contributed by atoms with Crippen LogP contribution in [0.15, 0.2) is 53.0 Å². The van der Waals surface area contributed by atoms with Crippen molar-refractivity contribution in [2.24, 2.45) is 0 Å². The molecule has 0 unspecified atom stereocenters. The summed E-state index contributed by atoms with van der Waals surface area (Å²) in [6, 6.07) is 15.0. The zero-order chi connectivity index (χ0) is 17.1. The Labute approximate surface area is 148 Å². The molecule has 1 aromatic heterocycles. The minimum atomic E-state index is -0.248. The highest BCUT2D eigenvalue weighted by Gasteiger charge is 2.13. The van der Waals surface area contributed by atoms with E-state index in [1.807, 2.05) is 43.3 Å². The van der Waals surface area contributed by atoms with E-state index in [1.54, 1.807) is 19.2 Å². The third-order valence-corrected chi connectivity index (χ3v) is 4.18. The van der Waals surface area contributed by atoms with Gasteiger partial charge in [0.1, 0.15) is 11.4 Å². The van der Waals surface area contributed by atoms with Crippen LogP contribution in [0, 0.1) is 6.92 Å². The Balaban J connectivity index is 1.80. The lowest BCUT2D eigenvalue weighted by atomic mass is 10.1. The molecule has 1 amide bonds. The standard InChI is InChI=1S/C18H16BrN3O2/c1-11-3-8-14(24-2)9-15(11)20-18(23)17-10-16(21-22-17)12-4-6-13(19)7-5-12/h3-10H,1-2H3,(H,20,23)(H,21,22). The second-order valence-corrected chi connectivity index (χ2v) is 6.22. The maximum absolute atomic E-state index is 12.4. The second-order valence-electron chi connectivity index (χ2n) is 5.31. The molecule has 1 heterocycles. The van der Waals surface area contributed by atoms with Crippen LogP contribution in [-0.4, -0.2) is 23.2 Å². The number of amides is 1. The molecule has 0 aliphatic carbocycles. The number of carbonyl (C=O) groups is 1. The van der Waals surface area contributed by atoms with E-state index in [2.05, 4.69) is 31.4 Å². The quantitative estimate of drug-likeness (QED) is 0.698. The van der Waals surface area contributed by atoms with Gasteiger partial charge in [0.05, 0.1) is 12.8 Å². The SMILES string of the molecule is COc1ccc(C)c(NC(=O)c2cc(-c3ccc(Br)cc3)n[nH]2)c1. The molecule has 0 saturated heterocycles. The number of methoxy groups -OCH3 is 1. The summed E-state index contributed by atoms with van der Waals surface area (Å²) in [6.07, 6.45) is 0. The van der Waals surface area contributed by atoms with E-state index in [0.29, 0.717) is 17.1 Å². The predicted octanol–water partition coefficient (Wildman–Crippen LogP) is 4.41. The molecule has 0 aliphatic heterocycles. The maximum atomic E-state index is 12.4. The number of hydrogen-bond donors (Lipinski definition) is 2. The normalized spacial score (nSPS) is 10.5. The number of nitrogens with one attached hydrogen (secondary N) is 2. The van der Waals surface area contributed by atoms with Crippen LogP contribution in [-0.2, 0) is 0 Å². The summed E-state index contributed by atoms with van der Waals surface area (Å²) in [5.74, 6) is 0.443. The smallest absolute Gasteiger partial charge is 0.273 e. The molecule has 0 saturated carbocycles. The van der Waals surface area contributed by atoms with E-state index < -0.39 is 0 Å². The predicted molar refractivity (Wildman–Crippen MR) is 97.4 cm³/mol. The van der Waals surface area contributed by atoms with E-state index >= 15 is 0 Å². The number of anilines is 1. The van der Waals surface area contributed by atoms with Crippen molar-refractivity contribution in [1.82, 2.24) is 10.2 Å². The zero-order valence-corrected chi connectivity index (χ0v) is 14.8. The molecular formula is C18H16BrN3O2. The average Bonchev–Trinajstić information content (AvgIpc) is 3.07. The van der Waals surface area contributed by atoms with E-state index in [1.165, 1.54) is 0 Å². The van der Waals surface area contributed by atoms with Crippen LogP contribution in [0.25, 0.3) is 11.3 Å². The highest BCUT2D eigenvalue weighted by Crippen LogP contribution is 2.23. The molecule has 5 nitrogen and oxygen atoms in total. The molecule has 2 aromatic carbocycles. The fraction of sp³-hybridized carbons (Fsp3) is 0.111. The largest absolute Gasteiger partial charge is 0.497 e. The average molecular weight is 386 g/mol. The van der Waals surface area contributed by atoms with Crippen LogP contribution in [0.5, 0.6) is 5.75 Å². The Hall–Kier alpha value is -2.60. The number of benzene rings is 2. The number of aryl methyl sites for hydroxylation is 1. The molecule has 3 aromatic rings. The maximum Gasteiger partial charge on any atom is 0.273 e. The summed E-state index contributed by atoms with van der Waals surface area (Å²) in [5, 5.41) is 9.87. The van der Waals surface area contributed by atoms with Gasteiger partial charge in [0.2, 0.25) is 0 Å². The van der Waals surface area contributed by atoms with Gasteiger partial charge in [0.25, 0.3) is 5.91 Å². The first-order chi connectivity index (χ1) is 11.6. The minimum absolute atomic E-state index is 0.248. The molecule has 0 aliphatic rings. The molecule has 6 heteroatoms. The summed E-state index contributed by atoms with van der Waals surface area (Å²) in [4.78, 5) is 12.4. The van der Waals surface area contributed by atoms with Crippen molar-refractivity contribution in [1.29, 1.82) is 0 Å². The monoisotopic (exact) mass is 385 g/mol. The molecule has 24 heavy (non-hydrogen) atoms. The molecule has 0 spiro atoms. The van der Waals surface area contributed by atoms with Gasteiger partial charge in [-0.2, -0.15) is 5.10 Å². The van der Waals surface area contributed by atoms with Crippen molar-refractivity contribution in [3.8, 4) is 17.0 Å². The molecule has 0 bridgehead atoms. The lowest BCUT2D eigenvalue weighted by Crippen LogP contribution is -2.13. The molecule has 2 N–H and O–H groups in total. The zero-order valence-electron chi connectivity index (χ0n) is 13.3. The van der Waals surface area contributed by atoms with Crippen molar-refractivity contribution < 1.29 is 9.53 Å². The Morgan fingerprint density at radius 1 is 1.17 bits per heavy atom. The Kier molecular flexibility index (Phi) is 4.66. The van der Waals surface area contributed by atoms with Crippen molar-refractivity contribution in [2.45, 2.75) is 6.92 Å². The van der Waals surface area contributed by atoms with Crippen LogP contribution in [0.2, 0.25) is 0 Å². The number of hydrogen-bond acceptors (Lipinski definition) is 3. The first-order valence-corrected chi connectivity index (χ1v) is 8.13. The highest BCUT2D eigenvalue weighted by atomic mass is 79.9. The molecule has 122 valence electrons. The fourth-order valence-corrected chi connectivity index (χ4v) is 2.52. The van der Waals surface area contributed by atoms with Crippen molar-refractivity contribution in [2.75, 3.05) is 12.4 Å². The minimum Gasteiger partial charge on any atom is -0.497 e.